The second-order valence-electron chi connectivity index (χ2n) is 4.81. The standard InChI is InChI=1S/C12H24N2O/c1-4-5-11-8-12(15)14(9-11)7-6-13-10(2)3/h10-11,13H,4-9H2,1-3H3. The predicted octanol–water partition coefficient (Wildman–Crippen LogP) is 1.63. The zero-order valence-electron chi connectivity index (χ0n) is 10.3. The molecule has 1 unspecified atom stereocenters. The Morgan fingerprint density at radius 3 is 2.87 bits per heavy atom. The van der Waals surface area contributed by atoms with Gasteiger partial charge in [0.05, 0.1) is 0 Å². The first-order valence-electron chi connectivity index (χ1n) is 6.14. The molecule has 0 aromatic rings. The number of carbonyl (C=O) groups excluding carboxylic acids is 1. The van der Waals surface area contributed by atoms with E-state index in [1.165, 1.54) is 12.8 Å². The van der Waals surface area contributed by atoms with Gasteiger partial charge in [-0.2, -0.15) is 0 Å². The molecule has 1 aliphatic rings. The number of hydrogen-bond donors (Lipinski definition) is 1. The fourth-order valence-electron chi connectivity index (χ4n) is 2.16. The van der Waals surface area contributed by atoms with Crippen LogP contribution in [0.5, 0.6) is 0 Å². The van der Waals surface area contributed by atoms with Crippen LogP contribution >= 0.6 is 0 Å². The van der Waals surface area contributed by atoms with E-state index in [9.17, 15) is 4.79 Å². The van der Waals surface area contributed by atoms with Crippen LogP contribution in [0, 0.1) is 5.92 Å². The Balaban J connectivity index is 2.22. The summed E-state index contributed by atoms with van der Waals surface area (Å²) in [5.74, 6) is 0.959. The van der Waals surface area contributed by atoms with Crippen molar-refractivity contribution in [2.45, 2.75) is 46.1 Å². The van der Waals surface area contributed by atoms with Gasteiger partial charge < -0.3 is 10.2 Å². The van der Waals surface area contributed by atoms with Crippen LogP contribution in [0.1, 0.15) is 40.0 Å². The monoisotopic (exact) mass is 212 g/mol. The summed E-state index contributed by atoms with van der Waals surface area (Å²) in [7, 11) is 0. The summed E-state index contributed by atoms with van der Waals surface area (Å²) in [4.78, 5) is 13.6. The van der Waals surface area contributed by atoms with Crippen molar-refractivity contribution in [1.29, 1.82) is 0 Å². The van der Waals surface area contributed by atoms with Gasteiger partial charge in [0.15, 0.2) is 0 Å². The highest BCUT2D eigenvalue weighted by Crippen LogP contribution is 2.21. The largest absolute Gasteiger partial charge is 0.341 e. The summed E-state index contributed by atoms with van der Waals surface area (Å²) in [5.41, 5.74) is 0. The van der Waals surface area contributed by atoms with Crippen LogP contribution in [0.2, 0.25) is 0 Å². The van der Waals surface area contributed by atoms with E-state index in [0.29, 0.717) is 17.9 Å². The number of amides is 1. The minimum Gasteiger partial charge on any atom is -0.341 e. The van der Waals surface area contributed by atoms with Crippen molar-refractivity contribution in [1.82, 2.24) is 10.2 Å². The zero-order chi connectivity index (χ0) is 11.3. The van der Waals surface area contributed by atoms with Gasteiger partial charge in [-0.3, -0.25) is 4.79 Å². The maximum atomic E-state index is 11.6. The molecule has 0 saturated carbocycles. The summed E-state index contributed by atoms with van der Waals surface area (Å²) in [6, 6.07) is 0.508. The first-order valence-corrected chi connectivity index (χ1v) is 6.14. The third-order valence-electron chi connectivity index (χ3n) is 2.93. The Morgan fingerprint density at radius 2 is 2.27 bits per heavy atom. The Kier molecular flexibility index (Phi) is 5.09. The lowest BCUT2D eigenvalue weighted by atomic mass is 10.0. The van der Waals surface area contributed by atoms with Gasteiger partial charge in [0.2, 0.25) is 5.91 Å². The molecule has 1 heterocycles. The van der Waals surface area contributed by atoms with E-state index >= 15 is 0 Å². The molecule has 0 bridgehead atoms. The van der Waals surface area contributed by atoms with Crippen LogP contribution in [0.4, 0.5) is 0 Å². The molecule has 88 valence electrons. The molecule has 0 aromatic carbocycles. The summed E-state index contributed by atoms with van der Waals surface area (Å²) >= 11 is 0. The number of likely N-dealkylation sites (tertiary alicyclic amines) is 1. The Hall–Kier alpha value is -0.570. The van der Waals surface area contributed by atoms with Crippen molar-refractivity contribution < 1.29 is 4.79 Å². The summed E-state index contributed by atoms with van der Waals surface area (Å²) < 4.78 is 0. The maximum Gasteiger partial charge on any atom is 0.222 e. The number of rotatable bonds is 6. The number of nitrogens with zero attached hydrogens (tertiary/aromatic N) is 1. The second-order valence-corrected chi connectivity index (χ2v) is 4.81. The second kappa shape index (κ2) is 6.11. The minimum atomic E-state index is 0.346. The van der Waals surface area contributed by atoms with Crippen molar-refractivity contribution in [2.24, 2.45) is 5.92 Å². The van der Waals surface area contributed by atoms with Gasteiger partial charge in [-0.05, 0) is 12.3 Å². The average Bonchev–Trinajstić information content (AvgIpc) is 2.47. The van der Waals surface area contributed by atoms with Gasteiger partial charge in [0, 0.05) is 32.1 Å². The highest BCUT2D eigenvalue weighted by Gasteiger charge is 2.28. The molecule has 15 heavy (non-hydrogen) atoms. The molecular weight excluding hydrogens is 188 g/mol. The number of nitrogens with one attached hydrogen (secondary N) is 1. The molecule has 1 saturated heterocycles. The van der Waals surface area contributed by atoms with E-state index in [2.05, 4.69) is 26.1 Å². The molecule has 0 spiro atoms. The molecule has 3 nitrogen and oxygen atoms in total. The van der Waals surface area contributed by atoms with Crippen LogP contribution in [0.25, 0.3) is 0 Å². The van der Waals surface area contributed by atoms with E-state index < -0.39 is 0 Å². The third kappa shape index (κ3) is 4.20. The topological polar surface area (TPSA) is 32.3 Å². The fraction of sp³-hybridized carbons (Fsp3) is 0.917. The molecule has 0 radical (unpaired) electrons. The molecule has 1 amide bonds. The van der Waals surface area contributed by atoms with Crippen LogP contribution in [0.3, 0.4) is 0 Å². The van der Waals surface area contributed by atoms with E-state index in [-0.39, 0.29) is 0 Å². The number of carbonyl (C=O) groups is 1. The van der Waals surface area contributed by atoms with Crippen molar-refractivity contribution in [3.8, 4) is 0 Å². The zero-order valence-corrected chi connectivity index (χ0v) is 10.3. The molecule has 1 fully saturated rings. The Bertz CT molecular complexity index is 204. The Labute approximate surface area is 93.2 Å². The van der Waals surface area contributed by atoms with Gasteiger partial charge in [-0.1, -0.05) is 27.2 Å². The quantitative estimate of drug-likeness (QED) is 0.726. The molecule has 0 aliphatic carbocycles. The van der Waals surface area contributed by atoms with Crippen molar-refractivity contribution in [3.63, 3.8) is 0 Å². The summed E-state index contributed by atoms with van der Waals surface area (Å²) in [6.45, 7) is 9.22. The first-order chi connectivity index (χ1) is 7.13. The van der Waals surface area contributed by atoms with Gasteiger partial charge in [0.1, 0.15) is 0 Å². The van der Waals surface area contributed by atoms with Crippen molar-refractivity contribution >= 4 is 5.91 Å². The van der Waals surface area contributed by atoms with E-state index in [1.807, 2.05) is 4.90 Å². The molecule has 3 heteroatoms. The Morgan fingerprint density at radius 1 is 1.53 bits per heavy atom. The SMILES string of the molecule is CCCC1CC(=O)N(CCNC(C)C)C1. The first kappa shape index (κ1) is 12.5. The van der Waals surface area contributed by atoms with E-state index in [0.717, 1.165) is 26.1 Å². The summed E-state index contributed by atoms with van der Waals surface area (Å²) in [6.07, 6.45) is 3.16. The van der Waals surface area contributed by atoms with Crippen LogP contribution in [0.15, 0.2) is 0 Å². The maximum absolute atomic E-state index is 11.6. The molecule has 1 rings (SSSR count). The lowest BCUT2D eigenvalue weighted by molar-refractivity contribution is -0.127. The van der Waals surface area contributed by atoms with Crippen molar-refractivity contribution in [2.75, 3.05) is 19.6 Å². The molecule has 1 aliphatic heterocycles. The highest BCUT2D eigenvalue weighted by atomic mass is 16.2. The number of hydrogen-bond acceptors (Lipinski definition) is 2. The van der Waals surface area contributed by atoms with Crippen LogP contribution in [-0.2, 0) is 4.79 Å². The van der Waals surface area contributed by atoms with E-state index in [4.69, 9.17) is 0 Å². The normalized spacial score (nSPS) is 21.7. The fourth-order valence-corrected chi connectivity index (χ4v) is 2.16. The van der Waals surface area contributed by atoms with Crippen LogP contribution in [-0.4, -0.2) is 36.5 Å². The van der Waals surface area contributed by atoms with Crippen molar-refractivity contribution in [3.05, 3.63) is 0 Å². The van der Waals surface area contributed by atoms with Gasteiger partial charge >= 0.3 is 0 Å². The smallest absolute Gasteiger partial charge is 0.222 e. The minimum absolute atomic E-state index is 0.346. The van der Waals surface area contributed by atoms with Gasteiger partial charge in [-0.15, -0.1) is 0 Å². The van der Waals surface area contributed by atoms with Gasteiger partial charge in [0.25, 0.3) is 0 Å². The highest BCUT2D eigenvalue weighted by molar-refractivity contribution is 5.78. The van der Waals surface area contributed by atoms with E-state index in [1.54, 1.807) is 0 Å². The summed E-state index contributed by atoms with van der Waals surface area (Å²) in [5, 5.41) is 3.35. The third-order valence-corrected chi connectivity index (χ3v) is 2.93. The van der Waals surface area contributed by atoms with Crippen LogP contribution < -0.4 is 5.32 Å². The molecule has 0 aromatic heterocycles. The molecule has 1 N–H and O–H groups in total. The van der Waals surface area contributed by atoms with Gasteiger partial charge in [-0.25, -0.2) is 0 Å². The lowest BCUT2D eigenvalue weighted by Crippen LogP contribution is -2.35. The molecule has 1 atom stereocenters. The average molecular weight is 212 g/mol. The molecular formula is C12H24N2O. The predicted molar refractivity (Wildman–Crippen MR) is 62.7 cm³/mol. The lowest BCUT2D eigenvalue weighted by Gasteiger charge is -2.17.